The molecule has 0 radical (unpaired) electrons. The molecule has 20 heavy (non-hydrogen) atoms. The molecule has 0 saturated heterocycles. The predicted octanol–water partition coefficient (Wildman–Crippen LogP) is 0.874. The van der Waals surface area contributed by atoms with Gasteiger partial charge in [-0.15, -0.1) is 5.10 Å². The van der Waals surface area contributed by atoms with E-state index < -0.39 is 17.8 Å². The maximum Gasteiger partial charge on any atom is 0.433 e. The van der Waals surface area contributed by atoms with Crippen LogP contribution in [0.4, 0.5) is 13.2 Å². The first-order valence-electron chi connectivity index (χ1n) is 5.07. The summed E-state index contributed by atoms with van der Waals surface area (Å²) in [6, 6.07) is 1.67. The molecular weight excluding hydrogens is 297 g/mol. The van der Waals surface area contributed by atoms with Crippen LogP contribution in [0.5, 0.6) is 0 Å². The normalized spacial score (nSPS) is 11.6. The summed E-state index contributed by atoms with van der Waals surface area (Å²) in [5.41, 5.74) is 3.85. The van der Waals surface area contributed by atoms with Crippen LogP contribution in [0.2, 0.25) is 0 Å². The van der Waals surface area contributed by atoms with Gasteiger partial charge in [-0.1, -0.05) is 0 Å². The van der Waals surface area contributed by atoms with Crippen LogP contribution in [-0.4, -0.2) is 31.1 Å². The Balaban J connectivity index is 2.47. The highest BCUT2D eigenvalue weighted by molar-refractivity contribution is 7.99. The minimum Gasteiger partial charge on any atom is -0.366 e. The van der Waals surface area contributed by atoms with Crippen LogP contribution < -0.4 is 5.73 Å². The summed E-state index contributed by atoms with van der Waals surface area (Å²) in [6.45, 7) is 0. The lowest BCUT2D eigenvalue weighted by molar-refractivity contribution is -0.141. The van der Waals surface area contributed by atoms with Crippen molar-refractivity contribution >= 4 is 17.7 Å². The second-order valence-corrected chi connectivity index (χ2v) is 4.55. The fraction of sp³-hybridized carbons (Fsp3) is 0.222. The van der Waals surface area contributed by atoms with Gasteiger partial charge in [-0.25, -0.2) is 9.67 Å². The molecule has 0 aliphatic carbocycles. The highest BCUT2D eigenvalue weighted by atomic mass is 32.2. The molecule has 2 aromatic heterocycles. The van der Waals surface area contributed by atoms with Crippen LogP contribution in [-0.2, 0) is 13.2 Å². The minimum absolute atomic E-state index is 0.133. The van der Waals surface area contributed by atoms with Gasteiger partial charge in [0.15, 0.2) is 0 Å². The zero-order valence-electron chi connectivity index (χ0n) is 9.92. The average molecular weight is 304 g/mol. The Morgan fingerprint density at radius 3 is 2.60 bits per heavy atom. The van der Waals surface area contributed by atoms with Crippen molar-refractivity contribution in [2.75, 3.05) is 0 Å². The summed E-state index contributed by atoms with van der Waals surface area (Å²) in [5.74, 6) is -0.885. The summed E-state index contributed by atoms with van der Waals surface area (Å²) < 4.78 is 39.1. The number of amides is 1. The molecule has 0 bridgehead atoms. The third kappa shape index (κ3) is 2.87. The highest BCUT2D eigenvalue weighted by Gasteiger charge is 2.33. The summed E-state index contributed by atoms with van der Waals surface area (Å²) in [6.07, 6.45) is -4.62. The summed E-state index contributed by atoms with van der Waals surface area (Å²) >= 11 is 0.721. The van der Waals surface area contributed by atoms with Crippen molar-refractivity contribution in [2.45, 2.75) is 16.4 Å². The van der Waals surface area contributed by atoms with E-state index in [4.69, 9.17) is 5.73 Å². The molecule has 2 heterocycles. The number of carbonyl (C=O) groups is 1. The van der Waals surface area contributed by atoms with Gasteiger partial charge in [0, 0.05) is 7.05 Å². The molecule has 2 N–H and O–H groups in total. The lowest BCUT2D eigenvalue weighted by atomic mass is 10.2. The SMILES string of the molecule is Cn1nnnc1Sc1nc(C(F)(F)F)ccc1C(N)=O. The van der Waals surface area contributed by atoms with Gasteiger partial charge in [0.05, 0.1) is 5.56 Å². The van der Waals surface area contributed by atoms with Crippen LogP contribution in [0.15, 0.2) is 22.3 Å². The highest BCUT2D eigenvalue weighted by Crippen LogP contribution is 2.32. The van der Waals surface area contributed by atoms with Gasteiger partial charge in [0.1, 0.15) is 10.7 Å². The van der Waals surface area contributed by atoms with E-state index in [0.29, 0.717) is 6.07 Å². The Bertz CT molecular complexity index is 655. The zero-order chi connectivity index (χ0) is 14.9. The Labute approximate surface area is 114 Å². The van der Waals surface area contributed by atoms with E-state index in [2.05, 4.69) is 20.5 Å². The molecule has 1 amide bonds. The van der Waals surface area contributed by atoms with Crippen LogP contribution in [0.25, 0.3) is 0 Å². The third-order valence-corrected chi connectivity index (χ3v) is 3.22. The summed E-state index contributed by atoms with van der Waals surface area (Å²) in [5, 5.41) is 10.4. The van der Waals surface area contributed by atoms with E-state index >= 15 is 0 Å². The molecule has 0 spiro atoms. The van der Waals surface area contributed by atoms with E-state index in [0.717, 1.165) is 17.8 Å². The van der Waals surface area contributed by atoms with Gasteiger partial charge < -0.3 is 5.73 Å². The van der Waals surface area contributed by atoms with Gasteiger partial charge in [-0.05, 0) is 34.3 Å². The van der Waals surface area contributed by atoms with Crippen LogP contribution in [0, 0.1) is 0 Å². The molecule has 0 saturated carbocycles. The Morgan fingerprint density at radius 1 is 1.40 bits per heavy atom. The molecule has 0 unspecified atom stereocenters. The maximum atomic E-state index is 12.6. The Kier molecular flexibility index (Phi) is 3.61. The molecular formula is C9H7F3N6OS. The number of hydrogen-bond donors (Lipinski definition) is 1. The van der Waals surface area contributed by atoms with E-state index in [1.807, 2.05) is 0 Å². The molecule has 0 aliphatic heterocycles. The van der Waals surface area contributed by atoms with Gasteiger partial charge in [-0.2, -0.15) is 13.2 Å². The number of halogens is 3. The predicted molar refractivity (Wildman–Crippen MR) is 60.7 cm³/mol. The number of pyridine rings is 1. The number of primary amides is 1. The number of hydrogen-bond acceptors (Lipinski definition) is 6. The summed E-state index contributed by atoms with van der Waals surface area (Å²) in [4.78, 5) is 14.6. The zero-order valence-corrected chi connectivity index (χ0v) is 10.7. The van der Waals surface area contributed by atoms with E-state index in [1.54, 1.807) is 0 Å². The third-order valence-electron chi connectivity index (χ3n) is 2.19. The molecule has 11 heteroatoms. The minimum atomic E-state index is -4.62. The maximum absolute atomic E-state index is 12.6. The lowest BCUT2D eigenvalue weighted by Crippen LogP contribution is -2.16. The standard InChI is InChI=1S/C9H7F3N6OS/c1-18-8(15-16-17-18)20-7-4(6(13)19)2-3-5(14-7)9(10,11)12/h2-3H,1H3,(H2,13,19). The van der Waals surface area contributed by atoms with Crippen LogP contribution in [0.3, 0.4) is 0 Å². The van der Waals surface area contributed by atoms with Gasteiger partial charge in [0.25, 0.3) is 5.91 Å². The number of alkyl halides is 3. The Hall–Kier alpha value is -2.17. The second-order valence-electron chi connectivity index (χ2n) is 3.60. The second kappa shape index (κ2) is 5.07. The molecule has 7 nitrogen and oxygen atoms in total. The number of aromatic nitrogens is 5. The van der Waals surface area contributed by atoms with Crippen LogP contribution >= 0.6 is 11.8 Å². The molecule has 0 aliphatic rings. The fourth-order valence-electron chi connectivity index (χ4n) is 1.26. The smallest absolute Gasteiger partial charge is 0.366 e. The molecule has 0 atom stereocenters. The van der Waals surface area contributed by atoms with Gasteiger partial charge in [0.2, 0.25) is 5.16 Å². The van der Waals surface area contributed by atoms with Gasteiger partial charge in [-0.3, -0.25) is 4.79 Å². The molecule has 0 aromatic carbocycles. The van der Waals surface area contributed by atoms with Gasteiger partial charge >= 0.3 is 6.18 Å². The number of carbonyl (C=O) groups excluding carboxylic acids is 1. The largest absolute Gasteiger partial charge is 0.433 e. The topological polar surface area (TPSA) is 99.6 Å². The fourth-order valence-corrected chi connectivity index (χ4v) is 2.10. The number of aryl methyl sites for hydroxylation is 1. The first-order chi connectivity index (χ1) is 9.29. The first-order valence-corrected chi connectivity index (χ1v) is 5.89. The molecule has 2 aromatic rings. The molecule has 106 valence electrons. The van der Waals surface area contributed by atoms with Crippen molar-refractivity contribution < 1.29 is 18.0 Å². The van der Waals surface area contributed by atoms with Crippen molar-refractivity contribution in [1.82, 2.24) is 25.2 Å². The van der Waals surface area contributed by atoms with E-state index in [1.165, 1.54) is 11.7 Å². The number of nitrogens with two attached hydrogens (primary N) is 1. The van der Waals surface area contributed by atoms with Crippen molar-refractivity contribution in [3.8, 4) is 0 Å². The quantitative estimate of drug-likeness (QED) is 0.903. The van der Waals surface area contributed by atoms with E-state index in [9.17, 15) is 18.0 Å². The monoisotopic (exact) mass is 304 g/mol. The number of tetrazole rings is 1. The number of rotatable bonds is 3. The van der Waals surface area contributed by atoms with E-state index in [-0.39, 0.29) is 15.7 Å². The molecule has 2 rings (SSSR count). The number of nitrogens with zero attached hydrogens (tertiary/aromatic N) is 5. The van der Waals surface area contributed by atoms with Crippen molar-refractivity contribution in [2.24, 2.45) is 12.8 Å². The average Bonchev–Trinajstić information content (AvgIpc) is 2.73. The molecule has 0 fully saturated rings. The Morgan fingerprint density at radius 2 is 2.10 bits per heavy atom. The van der Waals surface area contributed by atoms with Crippen molar-refractivity contribution in [1.29, 1.82) is 0 Å². The van der Waals surface area contributed by atoms with Crippen molar-refractivity contribution in [3.05, 3.63) is 23.4 Å². The first kappa shape index (κ1) is 14.2. The lowest BCUT2D eigenvalue weighted by Gasteiger charge is -2.09. The van der Waals surface area contributed by atoms with Crippen LogP contribution in [0.1, 0.15) is 16.1 Å². The van der Waals surface area contributed by atoms with Crippen molar-refractivity contribution in [3.63, 3.8) is 0 Å². The summed E-state index contributed by atoms with van der Waals surface area (Å²) in [7, 11) is 1.50.